The molecule has 2 amide bonds. The maximum absolute atomic E-state index is 11.5. The van der Waals surface area contributed by atoms with Crippen LogP contribution in [0, 0.1) is 5.41 Å². The van der Waals surface area contributed by atoms with Crippen LogP contribution in [0.25, 0.3) is 0 Å². The summed E-state index contributed by atoms with van der Waals surface area (Å²) in [6, 6.07) is -0.596. The van der Waals surface area contributed by atoms with E-state index in [0.29, 0.717) is 0 Å². The van der Waals surface area contributed by atoms with Gasteiger partial charge >= 0.3 is 0 Å². The molecule has 0 aliphatic carbocycles. The van der Waals surface area contributed by atoms with Crippen LogP contribution in [0.4, 0.5) is 0 Å². The minimum Gasteiger partial charge on any atom is -0.344 e. The average molecular weight is 202 g/mol. The summed E-state index contributed by atoms with van der Waals surface area (Å²) in [5, 5.41) is 2.57. The maximum Gasteiger partial charge on any atom is 0.265 e. The molecule has 0 aliphatic heterocycles. The van der Waals surface area contributed by atoms with E-state index in [1.165, 1.54) is 7.11 Å². The van der Waals surface area contributed by atoms with Crippen LogP contribution in [0.1, 0.15) is 27.7 Å². The highest BCUT2D eigenvalue weighted by Crippen LogP contribution is 2.12. The van der Waals surface area contributed by atoms with Crippen molar-refractivity contribution in [2.24, 2.45) is 5.41 Å². The van der Waals surface area contributed by atoms with E-state index in [2.05, 4.69) is 15.6 Å². The van der Waals surface area contributed by atoms with E-state index in [4.69, 9.17) is 0 Å². The van der Waals surface area contributed by atoms with Gasteiger partial charge in [-0.2, -0.15) is 0 Å². The molecule has 0 aromatic rings. The Morgan fingerprint density at radius 2 is 1.79 bits per heavy atom. The van der Waals surface area contributed by atoms with Crippen LogP contribution in [0.2, 0.25) is 0 Å². The fourth-order valence-electron chi connectivity index (χ4n) is 0.668. The van der Waals surface area contributed by atoms with Crippen LogP contribution in [-0.2, 0) is 14.4 Å². The third kappa shape index (κ3) is 4.23. The molecule has 0 bridgehead atoms. The number of carbonyl (C=O) groups excluding carboxylic acids is 2. The lowest BCUT2D eigenvalue weighted by atomic mass is 9.95. The van der Waals surface area contributed by atoms with Crippen LogP contribution in [0.3, 0.4) is 0 Å². The molecule has 14 heavy (non-hydrogen) atoms. The van der Waals surface area contributed by atoms with E-state index in [9.17, 15) is 9.59 Å². The summed E-state index contributed by atoms with van der Waals surface area (Å²) in [6.45, 7) is 6.94. The molecule has 0 aliphatic rings. The summed E-state index contributed by atoms with van der Waals surface area (Å²) >= 11 is 0. The number of amides is 2. The van der Waals surface area contributed by atoms with E-state index in [1.807, 2.05) is 0 Å². The number of carbonyl (C=O) groups is 2. The van der Waals surface area contributed by atoms with Crippen molar-refractivity contribution in [1.82, 2.24) is 10.8 Å². The zero-order valence-corrected chi connectivity index (χ0v) is 9.30. The first-order valence-corrected chi connectivity index (χ1v) is 4.43. The Bertz CT molecular complexity index is 221. The van der Waals surface area contributed by atoms with Crippen molar-refractivity contribution in [3.63, 3.8) is 0 Å². The number of rotatable bonds is 3. The fraction of sp³-hybridized carbons (Fsp3) is 0.778. The molecule has 0 saturated carbocycles. The molecule has 0 heterocycles. The molecule has 2 N–H and O–H groups in total. The van der Waals surface area contributed by atoms with Crippen LogP contribution >= 0.6 is 0 Å². The normalized spacial score (nSPS) is 13.2. The standard InChI is InChI=1S/C9H18N2O3/c1-6(7(12)11-14-5)10-8(13)9(2,3)4/h6H,1-5H3,(H,10,13)(H,11,12)/t6-/m1/s1. The lowest BCUT2D eigenvalue weighted by Gasteiger charge is -2.20. The Morgan fingerprint density at radius 1 is 1.29 bits per heavy atom. The molecule has 0 rings (SSSR count). The van der Waals surface area contributed by atoms with Crippen molar-refractivity contribution in [3.8, 4) is 0 Å². The molecule has 0 unspecified atom stereocenters. The highest BCUT2D eigenvalue weighted by molar-refractivity contribution is 5.88. The number of hydrogen-bond acceptors (Lipinski definition) is 3. The first-order chi connectivity index (χ1) is 6.29. The topological polar surface area (TPSA) is 67.4 Å². The molecule has 0 saturated heterocycles. The van der Waals surface area contributed by atoms with Gasteiger partial charge in [0.1, 0.15) is 6.04 Å². The number of nitrogens with one attached hydrogen (secondary N) is 2. The van der Waals surface area contributed by atoms with Crippen molar-refractivity contribution >= 4 is 11.8 Å². The first kappa shape index (κ1) is 12.9. The SMILES string of the molecule is CONC(=O)[C@@H](C)NC(=O)C(C)(C)C. The van der Waals surface area contributed by atoms with Gasteiger partial charge in [0.2, 0.25) is 5.91 Å². The lowest BCUT2D eigenvalue weighted by molar-refractivity contribution is -0.138. The molecule has 5 nitrogen and oxygen atoms in total. The van der Waals surface area contributed by atoms with Gasteiger partial charge in [0, 0.05) is 5.41 Å². The Hall–Kier alpha value is -1.10. The average Bonchev–Trinajstić information content (AvgIpc) is 2.02. The minimum atomic E-state index is -0.596. The van der Waals surface area contributed by atoms with Gasteiger partial charge < -0.3 is 5.32 Å². The second-order valence-corrected chi connectivity index (χ2v) is 4.12. The third-order valence-electron chi connectivity index (χ3n) is 1.62. The van der Waals surface area contributed by atoms with Gasteiger partial charge in [-0.1, -0.05) is 20.8 Å². The summed E-state index contributed by atoms with van der Waals surface area (Å²) < 4.78 is 0. The van der Waals surface area contributed by atoms with Crippen LogP contribution < -0.4 is 10.8 Å². The molecule has 0 spiro atoms. The van der Waals surface area contributed by atoms with Crippen LogP contribution in [-0.4, -0.2) is 25.0 Å². The highest BCUT2D eigenvalue weighted by Gasteiger charge is 2.24. The Labute approximate surface area is 84.1 Å². The van der Waals surface area contributed by atoms with Crippen LogP contribution in [0.15, 0.2) is 0 Å². The van der Waals surface area contributed by atoms with Gasteiger partial charge in [0.15, 0.2) is 0 Å². The minimum absolute atomic E-state index is 0.170. The first-order valence-electron chi connectivity index (χ1n) is 4.43. The predicted octanol–water partition coefficient (Wildman–Crippen LogP) is 0.215. The van der Waals surface area contributed by atoms with E-state index in [-0.39, 0.29) is 11.8 Å². The molecule has 5 heteroatoms. The zero-order chi connectivity index (χ0) is 11.4. The number of hydrogen-bond donors (Lipinski definition) is 2. The molecule has 0 aromatic heterocycles. The van der Waals surface area contributed by atoms with E-state index >= 15 is 0 Å². The molecular weight excluding hydrogens is 184 g/mol. The van der Waals surface area contributed by atoms with Gasteiger partial charge in [-0.3, -0.25) is 14.4 Å². The van der Waals surface area contributed by atoms with E-state index < -0.39 is 11.5 Å². The van der Waals surface area contributed by atoms with E-state index in [0.717, 1.165) is 0 Å². The van der Waals surface area contributed by atoms with Gasteiger partial charge in [0.05, 0.1) is 7.11 Å². The van der Waals surface area contributed by atoms with Gasteiger partial charge in [-0.05, 0) is 6.92 Å². The maximum atomic E-state index is 11.5. The quantitative estimate of drug-likeness (QED) is 0.643. The summed E-state index contributed by atoms with van der Waals surface area (Å²) in [4.78, 5) is 27.0. The Balaban J connectivity index is 4.13. The van der Waals surface area contributed by atoms with Crippen molar-refractivity contribution in [3.05, 3.63) is 0 Å². The third-order valence-corrected chi connectivity index (χ3v) is 1.62. The Kier molecular flexibility index (Phi) is 4.56. The Morgan fingerprint density at radius 3 is 2.14 bits per heavy atom. The van der Waals surface area contributed by atoms with Crippen molar-refractivity contribution < 1.29 is 14.4 Å². The second kappa shape index (κ2) is 4.95. The van der Waals surface area contributed by atoms with Crippen molar-refractivity contribution in [2.75, 3.05) is 7.11 Å². The summed E-state index contributed by atoms with van der Waals surface area (Å²) in [5.41, 5.74) is 1.65. The lowest BCUT2D eigenvalue weighted by Crippen LogP contribution is -2.47. The monoisotopic (exact) mass is 202 g/mol. The van der Waals surface area contributed by atoms with Crippen molar-refractivity contribution in [2.45, 2.75) is 33.7 Å². The summed E-state index contributed by atoms with van der Waals surface area (Å²) in [7, 11) is 1.34. The largest absolute Gasteiger partial charge is 0.344 e. The molecule has 0 aromatic carbocycles. The van der Waals surface area contributed by atoms with Crippen LogP contribution in [0.5, 0.6) is 0 Å². The highest BCUT2D eigenvalue weighted by atomic mass is 16.6. The molecule has 0 radical (unpaired) electrons. The smallest absolute Gasteiger partial charge is 0.265 e. The molecule has 1 atom stereocenters. The van der Waals surface area contributed by atoms with Crippen molar-refractivity contribution in [1.29, 1.82) is 0 Å². The fourth-order valence-corrected chi connectivity index (χ4v) is 0.668. The van der Waals surface area contributed by atoms with Gasteiger partial charge in [-0.25, -0.2) is 5.48 Å². The molecular formula is C9H18N2O3. The van der Waals surface area contributed by atoms with Gasteiger partial charge in [-0.15, -0.1) is 0 Å². The second-order valence-electron chi connectivity index (χ2n) is 4.12. The predicted molar refractivity (Wildman–Crippen MR) is 52.2 cm³/mol. The summed E-state index contributed by atoms with van der Waals surface area (Å²) in [6.07, 6.45) is 0. The van der Waals surface area contributed by atoms with E-state index in [1.54, 1.807) is 27.7 Å². The zero-order valence-electron chi connectivity index (χ0n) is 9.30. The van der Waals surface area contributed by atoms with Gasteiger partial charge in [0.25, 0.3) is 5.91 Å². The number of hydroxylamine groups is 1. The summed E-state index contributed by atoms with van der Waals surface area (Å²) in [5.74, 6) is -0.540. The molecule has 0 fully saturated rings. The molecule has 82 valence electrons.